The first-order chi connectivity index (χ1) is 15.2. The van der Waals surface area contributed by atoms with Crippen LogP contribution in [0.5, 0.6) is 0 Å². The van der Waals surface area contributed by atoms with Crippen molar-refractivity contribution in [1.29, 1.82) is 0 Å². The maximum Gasteiger partial charge on any atom is 0.227 e. The van der Waals surface area contributed by atoms with Crippen molar-refractivity contribution in [2.45, 2.75) is 19.4 Å². The smallest absolute Gasteiger partial charge is 0.227 e. The lowest BCUT2D eigenvalue weighted by molar-refractivity contribution is -0.139. The fourth-order valence-corrected chi connectivity index (χ4v) is 4.82. The van der Waals surface area contributed by atoms with Crippen LogP contribution in [0, 0.1) is 5.92 Å². The van der Waals surface area contributed by atoms with Crippen molar-refractivity contribution < 1.29 is 4.79 Å². The highest BCUT2D eigenvalue weighted by atomic mass is 79.9. The SMILES string of the molecule is O=C(C1CCCN(Cc2ccc(Br)cc2)C1)N1CCN(C/C=C/c2ccccc2)CC1. The molecule has 5 heteroatoms. The van der Waals surface area contributed by atoms with Crippen molar-refractivity contribution in [3.63, 3.8) is 0 Å². The van der Waals surface area contributed by atoms with Crippen molar-refractivity contribution in [3.05, 3.63) is 76.3 Å². The first-order valence-electron chi connectivity index (χ1n) is 11.4. The normalized spacial score (nSPS) is 20.9. The van der Waals surface area contributed by atoms with Gasteiger partial charge >= 0.3 is 0 Å². The number of carbonyl (C=O) groups excluding carboxylic acids is 1. The maximum atomic E-state index is 13.2. The number of benzene rings is 2. The molecule has 2 saturated heterocycles. The third kappa shape index (κ3) is 6.52. The Hall–Kier alpha value is -1.95. The molecule has 0 spiro atoms. The molecule has 164 valence electrons. The van der Waals surface area contributed by atoms with Gasteiger partial charge in [-0.05, 0) is 42.6 Å². The Kier molecular flexibility index (Phi) is 7.95. The van der Waals surface area contributed by atoms with Crippen molar-refractivity contribution in [2.75, 3.05) is 45.8 Å². The maximum absolute atomic E-state index is 13.2. The Balaban J connectivity index is 1.22. The van der Waals surface area contributed by atoms with E-state index < -0.39 is 0 Å². The zero-order valence-electron chi connectivity index (χ0n) is 18.1. The van der Waals surface area contributed by atoms with Gasteiger partial charge in [-0.2, -0.15) is 0 Å². The lowest BCUT2D eigenvalue weighted by Crippen LogP contribution is -2.52. The minimum atomic E-state index is 0.147. The highest BCUT2D eigenvalue weighted by molar-refractivity contribution is 9.10. The van der Waals surface area contributed by atoms with Crippen LogP contribution in [0.3, 0.4) is 0 Å². The summed E-state index contributed by atoms with van der Waals surface area (Å²) in [7, 11) is 0. The Labute approximate surface area is 194 Å². The summed E-state index contributed by atoms with van der Waals surface area (Å²) in [6.45, 7) is 7.46. The Morgan fingerprint density at radius 3 is 2.42 bits per heavy atom. The number of halogens is 1. The fraction of sp³-hybridized carbons (Fsp3) is 0.423. The third-order valence-electron chi connectivity index (χ3n) is 6.33. The number of nitrogens with zero attached hydrogens (tertiary/aromatic N) is 3. The molecule has 2 aromatic rings. The minimum absolute atomic E-state index is 0.147. The van der Waals surface area contributed by atoms with Crippen LogP contribution in [0.15, 0.2) is 65.1 Å². The lowest BCUT2D eigenvalue weighted by Gasteiger charge is -2.38. The van der Waals surface area contributed by atoms with Gasteiger partial charge < -0.3 is 4.90 Å². The quantitative estimate of drug-likeness (QED) is 0.606. The van der Waals surface area contributed by atoms with E-state index in [2.05, 4.69) is 91.3 Å². The summed E-state index contributed by atoms with van der Waals surface area (Å²) >= 11 is 3.50. The highest BCUT2D eigenvalue weighted by Gasteiger charge is 2.30. The lowest BCUT2D eigenvalue weighted by atomic mass is 9.95. The van der Waals surface area contributed by atoms with Gasteiger partial charge in [0.1, 0.15) is 0 Å². The van der Waals surface area contributed by atoms with Crippen LogP contribution in [-0.2, 0) is 11.3 Å². The fourth-order valence-electron chi connectivity index (χ4n) is 4.56. The molecule has 1 amide bonds. The molecule has 2 fully saturated rings. The summed E-state index contributed by atoms with van der Waals surface area (Å²) in [5, 5.41) is 0. The van der Waals surface area contributed by atoms with E-state index in [1.54, 1.807) is 0 Å². The summed E-state index contributed by atoms with van der Waals surface area (Å²) < 4.78 is 1.11. The molecule has 1 unspecified atom stereocenters. The van der Waals surface area contributed by atoms with Gasteiger partial charge in [-0.25, -0.2) is 0 Å². The standard InChI is InChI=1S/C26H32BrN3O/c27-25-12-10-23(11-13-25)20-29-15-5-9-24(21-29)26(31)30-18-16-28(17-19-30)14-4-8-22-6-2-1-3-7-22/h1-4,6-8,10-13,24H,5,9,14-21H2/b8-4+. The number of hydrogen-bond acceptors (Lipinski definition) is 3. The monoisotopic (exact) mass is 481 g/mol. The van der Waals surface area contributed by atoms with Gasteiger partial charge in [0.05, 0.1) is 5.92 Å². The van der Waals surface area contributed by atoms with E-state index in [-0.39, 0.29) is 5.92 Å². The Morgan fingerprint density at radius 1 is 0.935 bits per heavy atom. The molecule has 0 N–H and O–H groups in total. The molecule has 31 heavy (non-hydrogen) atoms. The molecule has 0 bridgehead atoms. The average molecular weight is 482 g/mol. The number of piperidine rings is 1. The minimum Gasteiger partial charge on any atom is -0.340 e. The third-order valence-corrected chi connectivity index (χ3v) is 6.86. The second-order valence-electron chi connectivity index (χ2n) is 8.64. The molecule has 2 heterocycles. The zero-order valence-corrected chi connectivity index (χ0v) is 19.7. The van der Waals surface area contributed by atoms with Crippen LogP contribution >= 0.6 is 15.9 Å². The van der Waals surface area contributed by atoms with E-state index >= 15 is 0 Å². The van der Waals surface area contributed by atoms with E-state index in [1.165, 1.54) is 11.1 Å². The number of piperazine rings is 1. The predicted molar refractivity (Wildman–Crippen MR) is 131 cm³/mol. The summed E-state index contributed by atoms with van der Waals surface area (Å²) in [4.78, 5) is 20.1. The van der Waals surface area contributed by atoms with Crippen LogP contribution in [0.2, 0.25) is 0 Å². The van der Waals surface area contributed by atoms with Crippen LogP contribution in [0.25, 0.3) is 6.08 Å². The predicted octanol–water partition coefficient (Wildman–Crippen LogP) is 4.52. The van der Waals surface area contributed by atoms with Gasteiger partial charge in [-0.1, -0.05) is 70.5 Å². The van der Waals surface area contributed by atoms with Gasteiger partial charge in [0.2, 0.25) is 5.91 Å². The molecule has 0 radical (unpaired) electrons. The summed E-state index contributed by atoms with van der Waals surface area (Å²) in [6.07, 6.45) is 6.54. The van der Waals surface area contributed by atoms with E-state index in [4.69, 9.17) is 0 Å². The molecule has 2 aliphatic heterocycles. The number of likely N-dealkylation sites (tertiary alicyclic amines) is 1. The molecular formula is C26H32BrN3O. The number of amides is 1. The topological polar surface area (TPSA) is 26.8 Å². The molecule has 2 aromatic carbocycles. The van der Waals surface area contributed by atoms with Crippen LogP contribution in [0.4, 0.5) is 0 Å². The molecule has 4 nitrogen and oxygen atoms in total. The summed E-state index contributed by atoms with van der Waals surface area (Å²) in [6, 6.07) is 18.9. The summed E-state index contributed by atoms with van der Waals surface area (Å²) in [5.41, 5.74) is 2.55. The first-order valence-corrected chi connectivity index (χ1v) is 12.2. The van der Waals surface area contributed by atoms with Crippen LogP contribution in [-0.4, -0.2) is 66.4 Å². The van der Waals surface area contributed by atoms with Crippen molar-refractivity contribution >= 4 is 27.9 Å². The molecule has 0 saturated carbocycles. The molecule has 4 rings (SSSR count). The number of carbonyl (C=O) groups is 1. The van der Waals surface area contributed by atoms with E-state index in [9.17, 15) is 4.79 Å². The first kappa shape index (κ1) is 22.3. The number of hydrogen-bond donors (Lipinski definition) is 0. The van der Waals surface area contributed by atoms with E-state index in [0.29, 0.717) is 5.91 Å². The Bertz CT molecular complexity index is 860. The largest absolute Gasteiger partial charge is 0.340 e. The average Bonchev–Trinajstić information content (AvgIpc) is 2.81. The van der Waals surface area contributed by atoms with Gasteiger partial charge in [0, 0.05) is 50.3 Å². The van der Waals surface area contributed by atoms with E-state index in [0.717, 1.165) is 69.7 Å². The van der Waals surface area contributed by atoms with Crippen molar-refractivity contribution in [1.82, 2.24) is 14.7 Å². The van der Waals surface area contributed by atoms with Gasteiger partial charge in [-0.15, -0.1) is 0 Å². The molecule has 2 aliphatic rings. The second kappa shape index (κ2) is 11.1. The van der Waals surface area contributed by atoms with Gasteiger partial charge in [-0.3, -0.25) is 14.6 Å². The van der Waals surface area contributed by atoms with Gasteiger partial charge in [0.15, 0.2) is 0 Å². The van der Waals surface area contributed by atoms with E-state index in [1.807, 2.05) is 6.07 Å². The Morgan fingerprint density at radius 2 is 1.68 bits per heavy atom. The van der Waals surface area contributed by atoms with Crippen LogP contribution < -0.4 is 0 Å². The van der Waals surface area contributed by atoms with Crippen LogP contribution in [0.1, 0.15) is 24.0 Å². The second-order valence-corrected chi connectivity index (χ2v) is 9.56. The zero-order chi connectivity index (χ0) is 21.5. The summed E-state index contributed by atoms with van der Waals surface area (Å²) in [5.74, 6) is 0.508. The van der Waals surface area contributed by atoms with Crippen molar-refractivity contribution in [3.8, 4) is 0 Å². The highest BCUT2D eigenvalue weighted by Crippen LogP contribution is 2.22. The molecular weight excluding hydrogens is 450 g/mol. The molecule has 0 aromatic heterocycles. The van der Waals surface area contributed by atoms with Crippen molar-refractivity contribution in [2.24, 2.45) is 5.92 Å². The number of rotatable bonds is 6. The molecule has 0 aliphatic carbocycles. The molecule has 1 atom stereocenters. The van der Waals surface area contributed by atoms with Gasteiger partial charge in [0.25, 0.3) is 0 Å².